The summed E-state index contributed by atoms with van der Waals surface area (Å²) in [6.45, 7) is 2.29. The van der Waals surface area contributed by atoms with Gasteiger partial charge in [-0.25, -0.2) is 5.48 Å². The van der Waals surface area contributed by atoms with Crippen LogP contribution in [0.1, 0.15) is 12.8 Å². The van der Waals surface area contributed by atoms with Crippen LogP contribution in [-0.2, 0) is 19.2 Å². The molecule has 2 fully saturated rings. The van der Waals surface area contributed by atoms with E-state index in [-0.39, 0.29) is 5.91 Å². The molecular weight excluding hydrogens is 320 g/mol. The highest BCUT2D eigenvalue weighted by Gasteiger charge is 2.37. The molecular formula is C16H19ClN2O4. The molecule has 0 saturated carbocycles. The molecule has 6 nitrogen and oxygen atoms in total. The Balaban J connectivity index is 1.52. The van der Waals surface area contributed by atoms with E-state index in [0.717, 1.165) is 13.0 Å². The first-order valence-electron chi connectivity index (χ1n) is 7.71. The Kier molecular flexibility index (Phi) is 5.15. The normalized spacial score (nSPS) is 24.2. The lowest BCUT2D eigenvalue weighted by molar-refractivity contribution is -0.142. The monoisotopic (exact) mass is 338 g/mol. The van der Waals surface area contributed by atoms with Crippen molar-refractivity contribution < 1.29 is 19.2 Å². The van der Waals surface area contributed by atoms with Crippen molar-refractivity contribution in [1.82, 2.24) is 5.48 Å². The van der Waals surface area contributed by atoms with Gasteiger partial charge in [-0.05, 0) is 31.0 Å². The van der Waals surface area contributed by atoms with Crippen LogP contribution in [0.3, 0.4) is 0 Å². The minimum absolute atomic E-state index is 0.224. The second-order valence-corrected chi connectivity index (χ2v) is 6.25. The molecule has 2 amide bonds. The molecule has 1 aromatic rings. The number of nitrogens with one attached hydrogen (secondary N) is 1. The van der Waals surface area contributed by atoms with Crippen LogP contribution in [0, 0.1) is 11.8 Å². The Labute approximate surface area is 139 Å². The molecule has 2 saturated heterocycles. The number of carbonyl (C=O) groups excluding carboxylic acids is 2. The number of benzene rings is 1. The van der Waals surface area contributed by atoms with Crippen LogP contribution >= 0.6 is 11.6 Å². The largest absolute Gasteiger partial charge is 0.381 e. The second kappa shape index (κ2) is 7.29. The lowest BCUT2D eigenvalue weighted by atomic mass is 10.1. The van der Waals surface area contributed by atoms with Gasteiger partial charge < -0.3 is 9.64 Å². The van der Waals surface area contributed by atoms with Crippen LogP contribution in [0.25, 0.3) is 0 Å². The molecule has 2 aliphatic heterocycles. The van der Waals surface area contributed by atoms with Crippen molar-refractivity contribution in [2.45, 2.75) is 12.8 Å². The number of hydrogen-bond acceptors (Lipinski definition) is 4. The van der Waals surface area contributed by atoms with E-state index in [2.05, 4.69) is 5.48 Å². The van der Waals surface area contributed by atoms with Gasteiger partial charge in [0, 0.05) is 29.8 Å². The Hall–Kier alpha value is -1.63. The van der Waals surface area contributed by atoms with Gasteiger partial charge in [0.25, 0.3) is 5.91 Å². The number of hydroxylamine groups is 1. The Morgan fingerprint density at radius 3 is 3.04 bits per heavy atom. The predicted octanol–water partition coefficient (Wildman–Crippen LogP) is 1.78. The zero-order chi connectivity index (χ0) is 16.2. The number of anilines is 1. The van der Waals surface area contributed by atoms with Crippen LogP contribution in [0.5, 0.6) is 0 Å². The van der Waals surface area contributed by atoms with Crippen LogP contribution < -0.4 is 10.4 Å². The minimum atomic E-state index is -0.714. The summed E-state index contributed by atoms with van der Waals surface area (Å²) in [5.74, 6) is -1.03. The van der Waals surface area contributed by atoms with Crippen molar-refractivity contribution in [2.75, 3.05) is 31.3 Å². The zero-order valence-electron chi connectivity index (χ0n) is 12.7. The third-order valence-corrected chi connectivity index (χ3v) is 4.39. The fourth-order valence-electron chi connectivity index (χ4n) is 2.84. The lowest BCUT2D eigenvalue weighted by Gasteiger charge is -2.17. The molecule has 7 heteroatoms. The highest BCUT2D eigenvalue weighted by atomic mass is 35.5. The predicted molar refractivity (Wildman–Crippen MR) is 84.9 cm³/mol. The Morgan fingerprint density at radius 2 is 2.30 bits per heavy atom. The molecule has 2 unspecified atom stereocenters. The third kappa shape index (κ3) is 3.83. The van der Waals surface area contributed by atoms with Crippen molar-refractivity contribution in [3.63, 3.8) is 0 Å². The molecule has 2 aliphatic rings. The summed E-state index contributed by atoms with van der Waals surface area (Å²) < 4.78 is 5.24. The van der Waals surface area contributed by atoms with E-state index in [1.807, 2.05) is 0 Å². The molecule has 0 aromatic heterocycles. The molecule has 23 heavy (non-hydrogen) atoms. The van der Waals surface area contributed by atoms with Crippen LogP contribution in [-0.4, -0.2) is 38.2 Å². The number of hydrogen-bond donors (Lipinski definition) is 1. The number of ether oxygens (including phenoxy) is 1. The number of rotatable bonds is 5. The van der Waals surface area contributed by atoms with E-state index in [9.17, 15) is 9.59 Å². The molecule has 0 aliphatic carbocycles. The van der Waals surface area contributed by atoms with Gasteiger partial charge in [-0.3, -0.25) is 14.4 Å². The van der Waals surface area contributed by atoms with Gasteiger partial charge in [-0.1, -0.05) is 17.7 Å². The third-order valence-electron chi connectivity index (χ3n) is 4.16. The highest BCUT2D eigenvalue weighted by molar-refractivity contribution is 6.31. The maximum atomic E-state index is 12.4. The molecule has 2 heterocycles. The molecule has 1 aromatic carbocycles. The quantitative estimate of drug-likeness (QED) is 0.656. The van der Waals surface area contributed by atoms with Crippen LogP contribution in [0.4, 0.5) is 5.69 Å². The van der Waals surface area contributed by atoms with Gasteiger partial charge in [0.05, 0.1) is 13.2 Å². The molecule has 0 spiro atoms. The lowest BCUT2D eigenvalue weighted by Crippen LogP contribution is -2.37. The first-order valence-corrected chi connectivity index (χ1v) is 8.09. The van der Waals surface area contributed by atoms with Crippen LogP contribution in [0.15, 0.2) is 24.3 Å². The molecule has 124 valence electrons. The summed E-state index contributed by atoms with van der Waals surface area (Å²) in [7, 11) is 0. The SMILES string of the molecule is O=C(NOCC1CCOC1)C1CCN(c2cccc(Cl)c2)C1=O. The van der Waals surface area contributed by atoms with Gasteiger partial charge in [0.1, 0.15) is 5.92 Å². The average Bonchev–Trinajstić information content (AvgIpc) is 3.17. The fourth-order valence-corrected chi connectivity index (χ4v) is 3.02. The molecule has 0 radical (unpaired) electrons. The van der Waals surface area contributed by atoms with Crippen molar-refractivity contribution in [1.29, 1.82) is 0 Å². The van der Waals surface area contributed by atoms with Crippen LogP contribution in [0.2, 0.25) is 5.02 Å². The maximum absolute atomic E-state index is 12.4. The minimum Gasteiger partial charge on any atom is -0.381 e. The summed E-state index contributed by atoms with van der Waals surface area (Å²) in [6, 6.07) is 7.05. The average molecular weight is 339 g/mol. The van der Waals surface area contributed by atoms with Gasteiger partial charge in [-0.15, -0.1) is 0 Å². The smallest absolute Gasteiger partial charge is 0.256 e. The summed E-state index contributed by atoms with van der Waals surface area (Å²) in [5.41, 5.74) is 3.11. The topological polar surface area (TPSA) is 67.9 Å². The number of carbonyl (C=O) groups is 2. The highest BCUT2D eigenvalue weighted by Crippen LogP contribution is 2.27. The summed E-state index contributed by atoms with van der Waals surface area (Å²) in [5, 5.41) is 0.560. The van der Waals surface area contributed by atoms with Crippen molar-refractivity contribution in [3.05, 3.63) is 29.3 Å². The van der Waals surface area contributed by atoms with E-state index in [0.29, 0.717) is 42.8 Å². The Morgan fingerprint density at radius 1 is 1.43 bits per heavy atom. The van der Waals surface area contributed by atoms with Crippen molar-refractivity contribution in [3.8, 4) is 0 Å². The first kappa shape index (κ1) is 16.2. The van der Waals surface area contributed by atoms with E-state index >= 15 is 0 Å². The standard InChI is InChI=1S/C16H19ClN2O4/c17-12-2-1-3-13(8-12)19-6-4-14(16(19)21)15(20)18-23-10-11-5-7-22-9-11/h1-3,8,11,14H,4-7,9-10H2,(H,18,20). The first-order chi connectivity index (χ1) is 11.1. The zero-order valence-corrected chi connectivity index (χ0v) is 13.4. The molecule has 3 rings (SSSR count). The van der Waals surface area contributed by atoms with E-state index in [1.165, 1.54) is 0 Å². The van der Waals surface area contributed by atoms with Gasteiger partial charge in [0.2, 0.25) is 5.91 Å². The summed E-state index contributed by atoms with van der Waals surface area (Å²) in [4.78, 5) is 31.4. The van der Waals surface area contributed by atoms with E-state index in [1.54, 1.807) is 29.2 Å². The summed E-state index contributed by atoms with van der Waals surface area (Å²) in [6.07, 6.45) is 1.40. The van der Waals surface area contributed by atoms with Gasteiger partial charge in [-0.2, -0.15) is 0 Å². The fraction of sp³-hybridized carbons (Fsp3) is 0.500. The number of amides is 2. The number of halogens is 1. The number of nitrogens with zero attached hydrogens (tertiary/aromatic N) is 1. The van der Waals surface area contributed by atoms with Gasteiger partial charge in [0.15, 0.2) is 0 Å². The summed E-state index contributed by atoms with van der Waals surface area (Å²) >= 11 is 5.95. The van der Waals surface area contributed by atoms with Gasteiger partial charge >= 0.3 is 0 Å². The van der Waals surface area contributed by atoms with Crippen molar-refractivity contribution in [2.24, 2.45) is 11.8 Å². The van der Waals surface area contributed by atoms with Crippen molar-refractivity contribution >= 4 is 29.1 Å². The molecule has 0 bridgehead atoms. The second-order valence-electron chi connectivity index (χ2n) is 5.82. The maximum Gasteiger partial charge on any atom is 0.256 e. The van der Waals surface area contributed by atoms with E-state index < -0.39 is 11.8 Å². The van der Waals surface area contributed by atoms with E-state index in [4.69, 9.17) is 21.2 Å². The molecule has 1 N–H and O–H groups in total. The Bertz CT molecular complexity index is 589. The molecule has 2 atom stereocenters.